The van der Waals surface area contributed by atoms with E-state index in [-0.39, 0.29) is 5.41 Å². The van der Waals surface area contributed by atoms with Crippen molar-refractivity contribution in [3.63, 3.8) is 0 Å². The Morgan fingerprint density at radius 3 is 2.34 bits per heavy atom. The molecule has 1 aliphatic carbocycles. The van der Waals surface area contributed by atoms with Crippen LogP contribution in [0.2, 0.25) is 0 Å². The first-order valence-electron chi connectivity index (χ1n) is 9.80. The summed E-state index contributed by atoms with van der Waals surface area (Å²) < 4.78 is 0. The van der Waals surface area contributed by atoms with Crippen molar-refractivity contribution in [2.24, 2.45) is 0 Å². The van der Waals surface area contributed by atoms with E-state index in [1.165, 1.54) is 27.8 Å². The van der Waals surface area contributed by atoms with Gasteiger partial charge in [0.1, 0.15) is 0 Å². The highest BCUT2D eigenvalue weighted by Crippen LogP contribution is 2.52. The predicted molar refractivity (Wildman–Crippen MR) is 117 cm³/mol. The molecule has 0 radical (unpaired) electrons. The third-order valence-corrected chi connectivity index (χ3v) is 5.94. The number of rotatable bonds is 2. The monoisotopic (exact) mass is 372 g/mol. The van der Waals surface area contributed by atoms with Gasteiger partial charge in [0.25, 0.3) is 0 Å². The van der Waals surface area contributed by atoms with Crippen molar-refractivity contribution in [3.05, 3.63) is 102 Å². The van der Waals surface area contributed by atoms with E-state index in [0.717, 1.165) is 16.8 Å². The third kappa shape index (κ3) is 2.67. The predicted octanol–water partition coefficient (Wildman–Crippen LogP) is 6.59. The summed E-state index contributed by atoms with van der Waals surface area (Å²) >= 11 is 0. The van der Waals surface area contributed by atoms with Gasteiger partial charge in [0.2, 0.25) is 0 Å². The Kier molecular flexibility index (Phi) is 3.86. The first kappa shape index (κ1) is 17.4. The molecular weight excluding hydrogens is 352 g/mol. The van der Waals surface area contributed by atoms with Crippen molar-refractivity contribution in [1.82, 2.24) is 4.98 Å². The second kappa shape index (κ2) is 6.43. The molecule has 138 valence electrons. The maximum absolute atomic E-state index is 9.37. The van der Waals surface area contributed by atoms with Crippen molar-refractivity contribution in [2.45, 2.75) is 19.3 Å². The lowest BCUT2D eigenvalue weighted by atomic mass is 9.79. The molecule has 0 bridgehead atoms. The standard InChI is InChI=1S/C27H20N2/c1-27(2)24-15-18(17-28)11-12-21(24)22-9-6-10-23(26(22)27)25-16-20(13-14-29-25)19-7-4-3-5-8-19/h3-16H,1-2H3. The summed E-state index contributed by atoms with van der Waals surface area (Å²) in [4.78, 5) is 4.72. The first-order valence-corrected chi connectivity index (χ1v) is 9.80. The second-order valence-corrected chi connectivity index (χ2v) is 8.02. The largest absolute Gasteiger partial charge is 0.256 e. The molecule has 0 atom stereocenters. The Morgan fingerprint density at radius 2 is 1.55 bits per heavy atom. The van der Waals surface area contributed by atoms with Crippen LogP contribution in [0.4, 0.5) is 0 Å². The van der Waals surface area contributed by atoms with E-state index < -0.39 is 0 Å². The van der Waals surface area contributed by atoms with E-state index in [9.17, 15) is 5.26 Å². The van der Waals surface area contributed by atoms with Crippen LogP contribution >= 0.6 is 0 Å². The molecule has 1 aromatic heterocycles. The molecule has 4 aromatic rings. The van der Waals surface area contributed by atoms with Gasteiger partial charge in [-0.2, -0.15) is 5.26 Å². The number of hydrogen-bond donors (Lipinski definition) is 0. The lowest BCUT2D eigenvalue weighted by molar-refractivity contribution is 0.661. The second-order valence-electron chi connectivity index (χ2n) is 8.02. The van der Waals surface area contributed by atoms with Gasteiger partial charge in [-0.15, -0.1) is 0 Å². The third-order valence-electron chi connectivity index (χ3n) is 5.94. The van der Waals surface area contributed by atoms with Gasteiger partial charge in [0.15, 0.2) is 0 Å². The van der Waals surface area contributed by atoms with Gasteiger partial charge in [-0.25, -0.2) is 0 Å². The van der Waals surface area contributed by atoms with E-state index in [4.69, 9.17) is 4.98 Å². The maximum atomic E-state index is 9.37. The van der Waals surface area contributed by atoms with Gasteiger partial charge in [0.05, 0.1) is 17.3 Å². The highest BCUT2D eigenvalue weighted by molar-refractivity contribution is 5.88. The number of nitriles is 1. The molecule has 0 saturated heterocycles. The fraction of sp³-hybridized carbons (Fsp3) is 0.111. The molecule has 1 aliphatic rings. The van der Waals surface area contributed by atoms with Gasteiger partial charge in [-0.05, 0) is 57.6 Å². The zero-order chi connectivity index (χ0) is 20.0. The molecule has 3 aromatic carbocycles. The molecule has 0 amide bonds. The highest BCUT2D eigenvalue weighted by atomic mass is 14.7. The first-order chi connectivity index (χ1) is 14.1. The molecule has 0 N–H and O–H groups in total. The lowest BCUT2D eigenvalue weighted by Crippen LogP contribution is -2.16. The van der Waals surface area contributed by atoms with Crippen LogP contribution in [-0.2, 0) is 5.41 Å². The van der Waals surface area contributed by atoms with Crippen molar-refractivity contribution in [2.75, 3.05) is 0 Å². The van der Waals surface area contributed by atoms with Crippen molar-refractivity contribution >= 4 is 0 Å². The van der Waals surface area contributed by atoms with Gasteiger partial charge >= 0.3 is 0 Å². The van der Waals surface area contributed by atoms with Crippen LogP contribution < -0.4 is 0 Å². The molecule has 29 heavy (non-hydrogen) atoms. The average Bonchev–Trinajstić information content (AvgIpc) is 3.01. The Hall–Kier alpha value is -3.70. The summed E-state index contributed by atoms with van der Waals surface area (Å²) in [5.74, 6) is 0. The molecule has 0 aliphatic heterocycles. The summed E-state index contributed by atoms with van der Waals surface area (Å²) in [6.45, 7) is 4.48. The summed E-state index contributed by atoms with van der Waals surface area (Å²) in [5.41, 5.74) is 9.92. The molecule has 0 unspecified atom stereocenters. The molecule has 0 spiro atoms. The molecule has 2 heteroatoms. The summed E-state index contributed by atoms with van der Waals surface area (Å²) in [5, 5.41) is 9.37. The molecule has 1 heterocycles. The Labute approximate surface area is 171 Å². The van der Waals surface area contributed by atoms with Gasteiger partial charge < -0.3 is 0 Å². The maximum Gasteiger partial charge on any atom is 0.0991 e. The molecule has 0 fully saturated rings. The number of nitrogens with zero attached hydrogens (tertiary/aromatic N) is 2. The van der Waals surface area contributed by atoms with Crippen molar-refractivity contribution in [1.29, 1.82) is 5.26 Å². The SMILES string of the molecule is CC1(C)c2cc(C#N)ccc2-c2cccc(-c3cc(-c4ccccc4)ccn3)c21. The summed E-state index contributed by atoms with van der Waals surface area (Å²) in [6, 6.07) is 29.4. The van der Waals surface area contributed by atoms with Gasteiger partial charge in [0, 0.05) is 17.2 Å². The van der Waals surface area contributed by atoms with E-state index in [0.29, 0.717) is 5.56 Å². The topological polar surface area (TPSA) is 36.7 Å². The zero-order valence-electron chi connectivity index (χ0n) is 16.5. The number of hydrogen-bond acceptors (Lipinski definition) is 2. The smallest absolute Gasteiger partial charge is 0.0991 e. The molecular formula is C27H20N2. The lowest BCUT2D eigenvalue weighted by Gasteiger charge is -2.24. The van der Waals surface area contributed by atoms with Crippen LogP contribution in [0.15, 0.2) is 85.1 Å². The number of fused-ring (bicyclic) bond motifs is 3. The van der Waals surface area contributed by atoms with Crippen LogP contribution in [0.1, 0.15) is 30.5 Å². The van der Waals surface area contributed by atoms with Crippen molar-refractivity contribution in [3.8, 4) is 39.6 Å². The number of aromatic nitrogens is 1. The molecule has 2 nitrogen and oxygen atoms in total. The normalized spacial score (nSPS) is 13.4. The van der Waals surface area contributed by atoms with Gasteiger partial charge in [-0.1, -0.05) is 68.4 Å². The van der Waals surface area contributed by atoms with Crippen LogP contribution in [0.25, 0.3) is 33.5 Å². The average molecular weight is 372 g/mol. The molecule has 5 rings (SSSR count). The van der Waals surface area contributed by atoms with E-state index in [1.54, 1.807) is 0 Å². The Morgan fingerprint density at radius 1 is 0.759 bits per heavy atom. The van der Waals surface area contributed by atoms with E-state index in [2.05, 4.69) is 80.6 Å². The minimum Gasteiger partial charge on any atom is -0.256 e. The Balaban J connectivity index is 1.71. The zero-order valence-corrected chi connectivity index (χ0v) is 16.5. The van der Waals surface area contributed by atoms with Gasteiger partial charge in [-0.3, -0.25) is 4.98 Å². The van der Waals surface area contributed by atoms with E-state index >= 15 is 0 Å². The van der Waals surface area contributed by atoms with Crippen LogP contribution in [0.5, 0.6) is 0 Å². The minimum absolute atomic E-state index is 0.196. The highest BCUT2D eigenvalue weighted by Gasteiger charge is 2.37. The quantitative estimate of drug-likeness (QED) is 0.398. The summed E-state index contributed by atoms with van der Waals surface area (Å²) in [7, 11) is 0. The number of pyridine rings is 1. The summed E-state index contributed by atoms with van der Waals surface area (Å²) in [6.07, 6.45) is 1.89. The Bertz CT molecular complexity index is 1280. The number of benzene rings is 3. The van der Waals surface area contributed by atoms with Crippen LogP contribution in [-0.4, -0.2) is 4.98 Å². The van der Waals surface area contributed by atoms with Crippen LogP contribution in [0, 0.1) is 11.3 Å². The van der Waals surface area contributed by atoms with Crippen molar-refractivity contribution < 1.29 is 0 Å². The fourth-order valence-corrected chi connectivity index (χ4v) is 4.55. The van der Waals surface area contributed by atoms with E-state index in [1.807, 2.05) is 24.4 Å². The fourth-order valence-electron chi connectivity index (χ4n) is 4.55. The molecule has 0 saturated carbocycles. The van der Waals surface area contributed by atoms with Crippen LogP contribution in [0.3, 0.4) is 0 Å². The minimum atomic E-state index is -0.196.